The zero-order chi connectivity index (χ0) is 8.97. The van der Waals surface area contributed by atoms with Crippen LogP contribution in [-0.2, 0) is 4.84 Å². The lowest BCUT2D eigenvalue weighted by molar-refractivity contribution is 0.0501. The molecule has 0 unspecified atom stereocenters. The van der Waals surface area contributed by atoms with E-state index in [2.05, 4.69) is 20.0 Å². The zero-order valence-electron chi connectivity index (χ0n) is 6.66. The van der Waals surface area contributed by atoms with Crippen LogP contribution in [0.25, 0.3) is 0 Å². The molecule has 0 radical (unpaired) electrons. The van der Waals surface area contributed by atoms with E-state index >= 15 is 0 Å². The second kappa shape index (κ2) is 3.72. The highest BCUT2D eigenvalue weighted by Gasteiger charge is 2.12. The largest absolute Gasteiger partial charge is 0.479 e. The van der Waals surface area contributed by atoms with Crippen LogP contribution in [0.1, 0.15) is 10.6 Å². The van der Waals surface area contributed by atoms with Gasteiger partial charge in [0.1, 0.15) is 0 Å². The van der Waals surface area contributed by atoms with Crippen molar-refractivity contribution in [3.8, 4) is 5.88 Å². The van der Waals surface area contributed by atoms with Gasteiger partial charge in [-0.3, -0.25) is 9.63 Å². The molecule has 1 heterocycles. The minimum absolute atomic E-state index is 0.0358. The molecule has 1 amide bonds. The van der Waals surface area contributed by atoms with E-state index in [1.807, 2.05) is 0 Å². The van der Waals surface area contributed by atoms with Crippen molar-refractivity contribution in [1.29, 1.82) is 0 Å². The number of methoxy groups -OCH3 is 1. The first-order valence-electron chi connectivity index (χ1n) is 3.12. The first-order valence-corrected chi connectivity index (χ1v) is 3.12. The van der Waals surface area contributed by atoms with Crippen molar-refractivity contribution in [2.24, 2.45) is 0 Å². The number of rotatable bonds is 3. The van der Waals surface area contributed by atoms with Gasteiger partial charge in [-0.1, -0.05) is 0 Å². The summed E-state index contributed by atoms with van der Waals surface area (Å²) in [4.78, 5) is 15.3. The van der Waals surface area contributed by atoms with Gasteiger partial charge in [0, 0.05) is 0 Å². The quantitative estimate of drug-likeness (QED) is 0.648. The predicted molar refractivity (Wildman–Crippen MR) is 37.5 cm³/mol. The van der Waals surface area contributed by atoms with Crippen LogP contribution in [0.3, 0.4) is 0 Å². The van der Waals surface area contributed by atoms with Gasteiger partial charge in [-0.25, -0.2) is 5.48 Å². The summed E-state index contributed by atoms with van der Waals surface area (Å²) in [7, 11) is 2.75. The van der Waals surface area contributed by atoms with Gasteiger partial charge in [0.25, 0.3) is 5.88 Å². The van der Waals surface area contributed by atoms with Crippen LogP contribution in [0, 0.1) is 0 Å². The van der Waals surface area contributed by atoms with Gasteiger partial charge in [0.2, 0.25) is 5.76 Å². The van der Waals surface area contributed by atoms with Crippen molar-refractivity contribution in [2.75, 3.05) is 14.2 Å². The molecular weight excluding hydrogens is 164 g/mol. The molecule has 6 heteroatoms. The third-order valence-corrected chi connectivity index (χ3v) is 1.12. The molecule has 0 atom stereocenters. The summed E-state index contributed by atoms with van der Waals surface area (Å²) >= 11 is 0. The average molecular weight is 172 g/mol. The highest BCUT2D eigenvalue weighted by atomic mass is 16.6. The Balaban J connectivity index is 2.68. The number of hydrogen-bond donors (Lipinski definition) is 1. The SMILES string of the molecule is CONC(=O)c1cc(OC)no1. The standard InChI is InChI=1S/C6H8N2O4/c1-10-5-3-4(12-7-5)6(9)8-11-2/h3H,1-2H3,(H,8,9). The number of aromatic nitrogens is 1. The lowest BCUT2D eigenvalue weighted by Gasteiger charge is -1.94. The van der Waals surface area contributed by atoms with Crippen LogP contribution < -0.4 is 10.2 Å². The second-order valence-electron chi connectivity index (χ2n) is 1.87. The van der Waals surface area contributed by atoms with Gasteiger partial charge >= 0.3 is 5.91 Å². The lowest BCUT2D eigenvalue weighted by atomic mass is 10.4. The van der Waals surface area contributed by atoms with E-state index in [-0.39, 0.29) is 11.6 Å². The van der Waals surface area contributed by atoms with E-state index < -0.39 is 5.91 Å². The Labute approximate surface area is 68.4 Å². The third kappa shape index (κ3) is 1.73. The van der Waals surface area contributed by atoms with E-state index in [9.17, 15) is 4.79 Å². The molecule has 0 aromatic carbocycles. The van der Waals surface area contributed by atoms with Gasteiger partial charge in [0.05, 0.1) is 20.3 Å². The van der Waals surface area contributed by atoms with Gasteiger partial charge in [-0.05, 0) is 5.16 Å². The fourth-order valence-corrected chi connectivity index (χ4v) is 0.605. The first-order chi connectivity index (χ1) is 5.77. The van der Waals surface area contributed by atoms with Crippen molar-refractivity contribution in [3.05, 3.63) is 11.8 Å². The maximum absolute atomic E-state index is 10.9. The molecule has 0 aliphatic carbocycles. The number of carbonyl (C=O) groups is 1. The van der Waals surface area contributed by atoms with Crippen LogP contribution >= 0.6 is 0 Å². The van der Waals surface area contributed by atoms with Gasteiger partial charge < -0.3 is 9.26 Å². The summed E-state index contributed by atoms with van der Waals surface area (Å²) in [6.07, 6.45) is 0. The normalized spacial score (nSPS) is 9.50. The van der Waals surface area contributed by atoms with Crippen LogP contribution in [0.15, 0.2) is 10.6 Å². The minimum Gasteiger partial charge on any atom is -0.479 e. The summed E-state index contributed by atoms with van der Waals surface area (Å²) in [5.41, 5.74) is 2.07. The maximum atomic E-state index is 10.9. The Morgan fingerprint density at radius 1 is 1.67 bits per heavy atom. The Morgan fingerprint density at radius 3 is 2.92 bits per heavy atom. The molecule has 0 saturated carbocycles. The van der Waals surface area contributed by atoms with Crippen molar-refractivity contribution in [1.82, 2.24) is 10.6 Å². The Hall–Kier alpha value is -1.56. The van der Waals surface area contributed by atoms with Crippen molar-refractivity contribution < 1.29 is 18.9 Å². The van der Waals surface area contributed by atoms with E-state index in [0.717, 1.165) is 0 Å². The van der Waals surface area contributed by atoms with Gasteiger partial charge in [0.15, 0.2) is 0 Å². The summed E-state index contributed by atoms with van der Waals surface area (Å²) in [6.45, 7) is 0. The van der Waals surface area contributed by atoms with Crippen molar-refractivity contribution in [3.63, 3.8) is 0 Å². The molecule has 0 saturated heterocycles. The zero-order valence-corrected chi connectivity index (χ0v) is 6.66. The smallest absolute Gasteiger partial charge is 0.313 e. The van der Waals surface area contributed by atoms with E-state index in [1.54, 1.807) is 0 Å². The summed E-state index contributed by atoms with van der Waals surface area (Å²) in [5, 5.41) is 3.42. The van der Waals surface area contributed by atoms with Gasteiger partial charge in [-0.2, -0.15) is 0 Å². The van der Waals surface area contributed by atoms with Crippen LogP contribution in [0.4, 0.5) is 0 Å². The summed E-state index contributed by atoms with van der Waals surface area (Å²) < 4.78 is 9.30. The second-order valence-corrected chi connectivity index (χ2v) is 1.87. The number of hydroxylamine groups is 1. The summed E-state index contributed by atoms with van der Waals surface area (Å²) in [5.74, 6) is -0.224. The minimum atomic E-state index is -0.506. The third-order valence-electron chi connectivity index (χ3n) is 1.12. The molecule has 66 valence electrons. The molecule has 1 aromatic rings. The number of nitrogens with one attached hydrogen (secondary N) is 1. The monoisotopic (exact) mass is 172 g/mol. The van der Waals surface area contributed by atoms with Crippen molar-refractivity contribution >= 4 is 5.91 Å². The Kier molecular flexibility index (Phi) is 2.65. The number of nitrogens with zero attached hydrogens (tertiary/aromatic N) is 1. The number of amides is 1. The maximum Gasteiger partial charge on any atom is 0.313 e. The molecule has 6 nitrogen and oxygen atoms in total. The highest BCUT2D eigenvalue weighted by molar-refractivity contribution is 5.90. The Bertz CT molecular complexity index is 270. The van der Waals surface area contributed by atoms with E-state index in [1.165, 1.54) is 20.3 Å². The molecule has 0 aliphatic rings. The topological polar surface area (TPSA) is 73.6 Å². The van der Waals surface area contributed by atoms with Gasteiger partial charge in [-0.15, -0.1) is 0 Å². The molecular formula is C6H8N2O4. The number of carbonyl (C=O) groups excluding carboxylic acids is 1. The lowest BCUT2D eigenvalue weighted by Crippen LogP contribution is -2.21. The van der Waals surface area contributed by atoms with Crippen LogP contribution in [-0.4, -0.2) is 25.3 Å². The summed E-state index contributed by atoms with van der Waals surface area (Å²) in [6, 6.07) is 1.36. The average Bonchev–Trinajstić information content (AvgIpc) is 2.52. The molecule has 0 spiro atoms. The molecule has 1 aromatic heterocycles. The molecule has 0 bridgehead atoms. The predicted octanol–water partition coefficient (Wildman–Crippen LogP) is -0.0256. The van der Waals surface area contributed by atoms with Crippen LogP contribution in [0.2, 0.25) is 0 Å². The number of ether oxygens (including phenoxy) is 1. The molecule has 1 N–H and O–H groups in total. The first kappa shape index (κ1) is 8.54. The van der Waals surface area contributed by atoms with Crippen LogP contribution in [0.5, 0.6) is 5.88 Å². The highest BCUT2D eigenvalue weighted by Crippen LogP contribution is 2.09. The van der Waals surface area contributed by atoms with Crippen molar-refractivity contribution in [2.45, 2.75) is 0 Å². The fraction of sp³-hybridized carbons (Fsp3) is 0.333. The molecule has 12 heavy (non-hydrogen) atoms. The number of hydrogen-bond acceptors (Lipinski definition) is 5. The fourth-order valence-electron chi connectivity index (χ4n) is 0.605. The molecule has 0 fully saturated rings. The Morgan fingerprint density at radius 2 is 2.42 bits per heavy atom. The van der Waals surface area contributed by atoms with E-state index in [0.29, 0.717) is 0 Å². The van der Waals surface area contributed by atoms with E-state index in [4.69, 9.17) is 4.74 Å². The molecule has 0 aliphatic heterocycles. The molecule has 1 rings (SSSR count).